The number of nitrogens with zero attached hydrogens (tertiary/aromatic N) is 2. The van der Waals surface area contributed by atoms with Gasteiger partial charge in [-0.15, -0.1) is 0 Å². The summed E-state index contributed by atoms with van der Waals surface area (Å²) in [7, 11) is 0. The fraction of sp³-hybridized carbons (Fsp3) is 0.538. The summed E-state index contributed by atoms with van der Waals surface area (Å²) in [6.45, 7) is 4.31. The average Bonchev–Trinajstić information content (AvgIpc) is 2.69. The molecule has 2 rings (SSSR count). The molecule has 21 heavy (non-hydrogen) atoms. The van der Waals surface area contributed by atoms with E-state index in [2.05, 4.69) is 4.98 Å². The van der Waals surface area contributed by atoms with E-state index in [4.69, 9.17) is 14.2 Å². The Hall–Kier alpha value is -2.22. The van der Waals surface area contributed by atoms with Crippen molar-refractivity contribution in [2.45, 2.75) is 45.6 Å². The minimum Gasteiger partial charge on any atom is -0.460 e. The van der Waals surface area contributed by atoms with Gasteiger partial charge in [-0.2, -0.15) is 4.98 Å². The van der Waals surface area contributed by atoms with Gasteiger partial charge in [0.15, 0.2) is 0 Å². The Balaban J connectivity index is 2.14. The van der Waals surface area contributed by atoms with Crippen LogP contribution in [-0.2, 0) is 19.1 Å². The summed E-state index contributed by atoms with van der Waals surface area (Å²) in [4.78, 5) is 37.4. The van der Waals surface area contributed by atoms with Gasteiger partial charge in [0.05, 0.1) is 6.10 Å². The summed E-state index contributed by atoms with van der Waals surface area (Å²) in [6.07, 6.45) is 0.485. The first kappa shape index (κ1) is 15.2. The molecule has 0 unspecified atom stereocenters. The number of hydrogen-bond acceptors (Lipinski definition) is 7. The summed E-state index contributed by atoms with van der Waals surface area (Å²) in [6, 6.07) is 1.40. The van der Waals surface area contributed by atoms with Crippen molar-refractivity contribution in [3.05, 3.63) is 22.7 Å². The molecule has 0 aliphatic carbocycles. The lowest BCUT2D eigenvalue weighted by atomic mass is 10.2. The highest BCUT2D eigenvalue weighted by molar-refractivity contribution is 5.68. The maximum Gasteiger partial charge on any atom is 0.352 e. The van der Waals surface area contributed by atoms with Crippen LogP contribution in [0.4, 0.5) is 0 Å². The molecule has 8 nitrogen and oxygen atoms in total. The van der Waals surface area contributed by atoms with Gasteiger partial charge in [0.2, 0.25) is 5.88 Å². The zero-order valence-electron chi connectivity index (χ0n) is 11.9. The standard InChI is InChI=1S/C13H16N2O6/c1-7-10(20-8(2)16)6-12(19-7)15-5-4-11(14-13(15)18)21-9(3)17/h4-5,7,10,12H,6H2,1-3H3/t7-,10-,12-/m1/s1. The molecule has 1 aromatic rings. The van der Waals surface area contributed by atoms with Crippen molar-refractivity contribution in [3.63, 3.8) is 0 Å². The Kier molecular flexibility index (Phi) is 4.37. The molecule has 1 aromatic heterocycles. The van der Waals surface area contributed by atoms with Crippen LogP contribution in [0.2, 0.25) is 0 Å². The van der Waals surface area contributed by atoms with Crippen molar-refractivity contribution in [2.24, 2.45) is 0 Å². The van der Waals surface area contributed by atoms with E-state index in [0.29, 0.717) is 6.42 Å². The van der Waals surface area contributed by atoms with Crippen molar-refractivity contribution in [1.82, 2.24) is 9.55 Å². The van der Waals surface area contributed by atoms with Crippen LogP contribution in [0, 0.1) is 0 Å². The topological polar surface area (TPSA) is 96.7 Å². The smallest absolute Gasteiger partial charge is 0.352 e. The predicted molar refractivity (Wildman–Crippen MR) is 69.6 cm³/mol. The van der Waals surface area contributed by atoms with E-state index in [0.717, 1.165) is 0 Å². The molecule has 8 heteroatoms. The van der Waals surface area contributed by atoms with Crippen LogP contribution in [0.3, 0.4) is 0 Å². The Bertz CT molecular complexity index is 611. The maximum atomic E-state index is 11.9. The largest absolute Gasteiger partial charge is 0.460 e. The van der Waals surface area contributed by atoms with Crippen LogP contribution in [0.1, 0.15) is 33.4 Å². The summed E-state index contributed by atoms with van der Waals surface area (Å²) in [5.41, 5.74) is -0.602. The zero-order chi connectivity index (χ0) is 15.6. The van der Waals surface area contributed by atoms with Crippen LogP contribution >= 0.6 is 0 Å². The van der Waals surface area contributed by atoms with Crippen LogP contribution in [0.15, 0.2) is 17.1 Å². The molecule has 0 saturated carbocycles. The van der Waals surface area contributed by atoms with Gasteiger partial charge in [-0.05, 0) is 6.92 Å². The molecule has 1 aliphatic rings. The second kappa shape index (κ2) is 6.04. The van der Waals surface area contributed by atoms with Crippen LogP contribution in [0.5, 0.6) is 5.88 Å². The third-order valence-electron chi connectivity index (χ3n) is 3.01. The second-order valence-electron chi connectivity index (χ2n) is 4.73. The fourth-order valence-electron chi connectivity index (χ4n) is 2.14. The van der Waals surface area contributed by atoms with Crippen LogP contribution < -0.4 is 10.4 Å². The monoisotopic (exact) mass is 296 g/mol. The van der Waals surface area contributed by atoms with Crippen molar-refractivity contribution < 1.29 is 23.8 Å². The molecule has 0 amide bonds. The van der Waals surface area contributed by atoms with Crippen molar-refractivity contribution in [1.29, 1.82) is 0 Å². The van der Waals surface area contributed by atoms with Gasteiger partial charge in [0.25, 0.3) is 0 Å². The number of carbonyl (C=O) groups is 2. The number of hydrogen-bond donors (Lipinski definition) is 0. The number of esters is 2. The number of carbonyl (C=O) groups excluding carboxylic acids is 2. The third-order valence-corrected chi connectivity index (χ3v) is 3.01. The van der Waals surface area contributed by atoms with Gasteiger partial charge in [-0.1, -0.05) is 0 Å². The van der Waals surface area contributed by atoms with Crippen molar-refractivity contribution >= 4 is 11.9 Å². The van der Waals surface area contributed by atoms with E-state index in [1.807, 2.05) is 0 Å². The van der Waals surface area contributed by atoms with Crippen molar-refractivity contribution in [3.8, 4) is 5.88 Å². The molecule has 0 bridgehead atoms. The Labute approximate surface area is 120 Å². The van der Waals surface area contributed by atoms with Gasteiger partial charge in [0, 0.05) is 32.5 Å². The van der Waals surface area contributed by atoms with Gasteiger partial charge in [0.1, 0.15) is 12.3 Å². The first-order valence-electron chi connectivity index (χ1n) is 6.47. The molecule has 3 atom stereocenters. The minimum absolute atomic E-state index is 0.0636. The Morgan fingerprint density at radius 1 is 1.38 bits per heavy atom. The van der Waals surface area contributed by atoms with E-state index in [-0.39, 0.29) is 12.0 Å². The van der Waals surface area contributed by atoms with E-state index in [1.165, 1.54) is 30.7 Å². The lowest BCUT2D eigenvalue weighted by molar-refractivity contribution is -0.148. The highest BCUT2D eigenvalue weighted by atomic mass is 16.6. The average molecular weight is 296 g/mol. The summed E-state index contributed by atoms with van der Waals surface area (Å²) < 4.78 is 16.7. The number of rotatable bonds is 3. The van der Waals surface area contributed by atoms with Crippen LogP contribution in [-0.4, -0.2) is 33.7 Å². The minimum atomic E-state index is -0.602. The van der Waals surface area contributed by atoms with Gasteiger partial charge >= 0.3 is 17.6 Å². The molecule has 114 valence electrons. The van der Waals surface area contributed by atoms with Gasteiger partial charge in [-0.25, -0.2) is 4.79 Å². The fourth-order valence-corrected chi connectivity index (χ4v) is 2.14. The first-order valence-corrected chi connectivity index (χ1v) is 6.47. The molecular formula is C13H16N2O6. The molecule has 1 aliphatic heterocycles. The Morgan fingerprint density at radius 2 is 2.10 bits per heavy atom. The predicted octanol–water partition coefficient (Wildman–Crippen LogP) is 0.408. The molecule has 0 N–H and O–H groups in total. The summed E-state index contributed by atoms with van der Waals surface area (Å²) in [5.74, 6) is -1.02. The van der Waals surface area contributed by atoms with Crippen LogP contribution in [0.25, 0.3) is 0 Å². The highest BCUT2D eigenvalue weighted by Gasteiger charge is 2.36. The number of aromatic nitrogens is 2. The maximum absolute atomic E-state index is 11.9. The van der Waals surface area contributed by atoms with Gasteiger partial charge < -0.3 is 14.2 Å². The zero-order valence-corrected chi connectivity index (χ0v) is 11.9. The highest BCUT2D eigenvalue weighted by Crippen LogP contribution is 2.29. The molecule has 0 spiro atoms. The van der Waals surface area contributed by atoms with E-state index in [1.54, 1.807) is 6.92 Å². The molecule has 1 saturated heterocycles. The molecule has 2 heterocycles. The molecule has 1 fully saturated rings. The Morgan fingerprint density at radius 3 is 2.67 bits per heavy atom. The first-order chi connectivity index (χ1) is 9.86. The summed E-state index contributed by atoms with van der Waals surface area (Å²) in [5, 5.41) is 0. The second-order valence-corrected chi connectivity index (χ2v) is 4.73. The normalized spacial score (nSPS) is 24.6. The molecular weight excluding hydrogens is 280 g/mol. The lowest BCUT2D eigenvalue weighted by Crippen LogP contribution is -2.27. The van der Waals surface area contributed by atoms with E-state index >= 15 is 0 Å². The SMILES string of the molecule is CC(=O)Oc1ccn([C@H]2C[C@@H](OC(C)=O)[C@@H](C)O2)c(=O)n1. The quantitative estimate of drug-likeness (QED) is 0.745. The number of ether oxygens (including phenoxy) is 3. The van der Waals surface area contributed by atoms with Crippen molar-refractivity contribution in [2.75, 3.05) is 0 Å². The van der Waals surface area contributed by atoms with Gasteiger partial charge in [-0.3, -0.25) is 14.2 Å². The summed E-state index contributed by atoms with van der Waals surface area (Å²) >= 11 is 0. The molecule has 0 aromatic carbocycles. The van der Waals surface area contributed by atoms with E-state index in [9.17, 15) is 14.4 Å². The molecule has 0 radical (unpaired) electrons. The van der Waals surface area contributed by atoms with E-state index < -0.39 is 30.0 Å². The lowest BCUT2D eigenvalue weighted by Gasteiger charge is -2.13. The third kappa shape index (κ3) is 3.66.